The number of benzene rings is 1. The van der Waals surface area contributed by atoms with Gasteiger partial charge in [0.1, 0.15) is 0 Å². The number of carbonyl (C=O) groups excluding carboxylic acids is 2. The molecule has 0 heterocycles. The lowest BCUT2D eigenvalue weighted by Gasteiger charge is -2.56. The highest BCUT2D eigenvalue weighted by molar-refractivity contribution is 6.31. The Labute approximate surface area is 172 Å². The average molecular weight is 404 g/mol. The first kappa shape index (κ1) is 19.7. The lowest BCUT2D eigenvalue weighted by atomic mass is 9.53. The van der Waals surface area contributed by atoms with E-state index >= 15 is 0 Å². The first-order valence-corrected chi connectivity index (χ1v) is 10.8. The van der Waals surface area contributed by atoms with Crippen molar-refractivity contribution in [1.82, 2.24) is 16.0 Å². The van der Waals surface area contributed by atoms with Gasteiger partial charge >= 0.3 is 6.03 Å². The molecule has 1 aromatic rings. The van der Waals surface area contributed by atoms with Crippen molar-refractivity contribution in [3.63, 3.8) is 0 Å². The average Bonchev–Trinajstić information content (AvgIpc) is 2.60. The molecule has 5 nitrogen and oxygen atoms in total. The second kappa shape index (κ2) is 7.68. The van der Waals surface area contributed by atoms with Gasteiger partial charge in [-0.1, -0.05) is 29.8 Å². The van der Waals surface area contributed by atoms with E-state index in [1.807, 2.05) is 31.2 Å². The third-order valence-electron chi connectivity index (χ3n) is 6.92. The molecule has 0 aromatic heterocycles. The first-order valence-electron chi connectivity index (χ1n) is 10.5. The molecule has 0 saturated heterocycles. The number of hydrogen-bond acceptors (Lipinski definition) is 3. The maximum Gasteiger partial charge on any atom is 0.321 e. The summed E-state index contributed by atoms with van der Waals surface area (Å²) in [7, 11) is 0. The molecule has 3 amide bonds. The smallest absolute Gasteiger partial charge is 0.321 e. The Hall–Kier alpha value is -1.59. The topological polar surface area (TPSA) is 70.2 Å². The van der Waals surface area contributed by atoms with Crippen molar-refractivity contribution in [1.29, 1.82) is 0 Å². The molecule has 152 valence electrons. The van der Waals surface area contributed by atoms with E-state index < -0.39 is 6.04 Å². The summed E-state index contributed by atoms with van der Waals surface area (Å²) >= 11 is 6.23. The highest BCUT2D eigenvalue weighted by Crippen LogP contribution is 2.55. The van der Waals surface area contributed by atoms with Crippen LogP contribution in [0, 0.1) is 17.8 Å². The number of nitrogens with one attached hydrogen (secondary N) is 3. The van der Waals surface area contributed by atoms with Crippen molar-refractivity contribution in [3.8, 4) is 0 Å². The van der Waals surface area contributed by atoms with E-state index in [1.54, 1.807) is 6.92 Å². The molecule has 2 atom stereocenters. The highest BCUT2D eigenvalue weighted by Gasteiger charge is 2.51. The van der Waals surface area contributed by atoms with Crippen LogP contribution in [-0.4, -0.2) is 23.5 Å². The second-order valence-corrected chi connectivity index (χ2v) is 9.68. The van der Waals surface area contributed by atoms with Crippen molar-refractivity contribution < 1.29 is 9.59 Å². The Morgan fingerprint density at radius 2 is 1.61 bits per heavy atom. The van der Waals surface area contributed by atoms with Crippen molar-refractivity contribution in [2.75, 3.05) is 0 Å². The first-order chi connectivity index (χ1) is 13.3. The standard InChI is InChI=1S/C22H30ClN3O2/c1-13(18-5-3-4-6-19(18)23)24-14(2)20(27)25-21(28)26-22-10-15-7-16(11-22)9-17(8-15)12-22/h3-6,13-17,24H,7-12H2,1-2H3,(H2,25,26,27,28)/t13-,14-,15?,16?,17?,22?/m0/s1. The molecule has 0 spiro atoms. The molecule has 6 heteroatoms. The van der Waals surface area contributed by atoms with Gasteiger partial charge in [0.05, 0.1) is 6.04 Å². The number of hydrogen-bond donors (Lipinski definition) is 3. The Kier molecular flexibility index (Phi) is 5.41. The largest absolute Gasteiger partial charge is 0.332 e. The van der Waals surface area contributed by atoms with Gasteiger partial charge in [-0.15, -0.1) is 0 Å². The van der Waals surface area contributed by atoms with Crippen LogP contribution in [-0.2, 0) is 4.79 Å². The molecule has 0 aliphatic heterocycles. The summed E-state index contributed by atoms with van der Waals surface area (Å²) in [4.78, 5) is 25.1. The number of imide groups is 1. The summed E-state index contributed by atoms with van der Waals surface area (Å²) in [6, 6.07) is 6.61. The third kappa shape index (κ3) is 4.06. The fraction of sp³-hybridized carbons (Fsp3) is 0.636. The number of halogens is 1. The zero-order valence-electron chi connectivity index (χ0n) is 16.6. The molecule has 3 N–H and O–H groups in total. The van der Waals surface area contributed by atoms with Crippen LogP contribution in [0.2, 0.25) is 5.02 Å². The van der Waals surface area contributed by atoms with Crippen LogP contribution in [0.3, 0.4) is 0 Å². The van der Waals surface area contributed by atoms with Crippen molar-refractivity contribution in [2.45, 2.75) is 70.0 Å². The molecule has 1 aromatic carbocycles. The summed E-state index contributed by atoms with van der Waals surface area (Å²) in [6.07, 6.45) is 7.17. The summed E-state index contributed by atoms with van der Waals surface area (Å²) in [5.74, 6) is 1.93. The second-order valence-electron chi connectivity index (χ2n) is 9.27. The Bertz CT molecular complexity index is 731. The van der Waals surface area contributed by atoms with Crippen LogP contribution in [0.25, 0.3) is 0 Å². The summed E-state index contributed by atoms with van der Waals surface area (Å²) < 4.78 is 0. The van der Waals surface area contributed by atoms with Gasteiger partial charge in [0.25, 0.3) is 0 Å². The fourth-order valence-corrected chi connectivity index (χ4v) is 6.42. The summed E-state index contributed by atoms with van der Waals surface area (Å²) in [5, 5.41) is 9.61. The Morgan fingerprint density at radius 3 is 2.18 bits per heavy atom. The van der Waals surface area contributed by atoms with Crippen LogP contribution >= 0.6 is 11.6 Å². The Morgan fingerprint density at radius 1 is 1.04 bits per heavy atom. The molecule has 4 aliphatic carbocycles. The number of amides is 3. The number of carbonyl (C=O) groups is 2. The van der Waals surface area contributed by atoms with Crippen LogP contribution < -0.4 is 16.0 Å². The lowest BCUT2D eigenvalue weighted by Crippen LogP contribution is -2.62. The number of rotatable bonds is 5. The SMILES string of the molecule is C[C@H](N[C@@H](C)c1ccccc1Cl)C(=O)NC(=O)NC12CC3CC(CC(C3)C1)C2. The minimum Gasteiger partial charge on any atom is -0.332 e. The van der Waals surface area contributed by atoms with Gasteiger partial charge in [0, 0.05) is 16.6 Å². The van der Waals surface area contributed by atoms with Crippen LogP contribution in [0.5, 0.6) is 0 Å². The van der Waals surface area contributed by atoms with Crippen molar-refractivity contribution in [2.24, 2.45) is 17.8 Å². The summed E-state index contributed by atoms with van der Waals surface area (Å²) in [6.45, 7) is 3.72. The molecule has 4 bridgehead atoms. The van der Waals surface area contributed by atoms with Gasteiger partial charge in [0.2, 0.25) is 5.91 Å². The minimum atomic E-state index is -0.506. The van der Waals surface area contributed by atoms with Crippen molar-refractivity contribution >= 4 is 23.5 Å². The maximum atomic E-state index is 12.6. The van der Waals surface area contributed by atoms with Gasteiger partial charge in [-0.05, 0) is 81.8 Å². The lowest BCUT2D eigenvalue weighted by molar-refractivity contribution is -0.121. The molecule has 5 rings (SSSR count). The predicted octanol–water partition coefficient (Wildman–Crippen LogP) is 4.17. The van der Waals surface area contributed by atoms with E-state index in [0.29, 0.717) is 5.02 Å². The van der Waals surface area contributed by atoms with Gasteiger partial charge in [-0.2, -0.15) is 0 Å². The predicted molar refractivity (Wildman–Crippen MR) is 110 cm³/mol. The van der Waals surface area contributed by atoms with Crippen LogP contribution in [0.1, 0.15) is 64.0 Å². The molecular weight excluding hydrogens is 374 g/mol. The molecule has 4 fully saturated rings. The van der Waals surface area contributed by atoms with Gasteiger partial charge in [0.15, 0.2) is 0 Å². The molecule has 28 heavy (non-hydrogen) atoms. The van der Waals surface area contributed by atoms with E-state index in [1.165, 1.54) is 19.3 Å². The summed E-state index contributed by atoms with van der Waals surface area (Å²) in [5.41, 5.74) is 0.836. The van der Waals surface area contributed by atoms with E-state index in [2.05, 4.69) is 16.0 Å². The zero-order valence-corrected chi connectivity index (χ0v) is 17.4. The molecule has 4 aliphatic rings. The quantitative estimate of drug-likeness (QED) is 0.690. The van der Waals surface area contributed by atoms with Gasteiger partial charge in [-0.25, -0.2) is 4.79 Å². The fourth-order valence-electron chi connectivity index (χ4n) is 6.12. The number of urea groups is 1. The molecule has 4 saturated carbocycles. The van der Waals surface area contributed by atoms with E-state index in [4.69, 9.17) is 11.6 Å². The van der Waals surface area contributed by atoms with Crippen LogP contribution in [0.4, 0.5) is 4.79 Å². The van der Waals surface area contributed by atoms with Gasteiger partial charge < -0.3 is 5.32 Å². The molecule has 0 unspecified atom stereocenters. The Balaban J connectivity index is 1.31. The molecular formula is C22H30ClN3O2. The maximum absolute atomic E-state index is 12.6. The van der Waals surface area contributed by atoms with Gasteiger partial charge in [-0.3, -0.25) is 15.4 Å². The minimum absolute atomic E-state index is 0.0966. The third-order valence-corrected chi connectivity index (χ3v) is 7.26. The van der Waals surface area contributed by atoms with E-state index in [-0.39, 0.29) is 23.5 Å². The molecule has 0 radical (unpaired) electrons. The normalized spacial score (nSPS) is 32.6. The van der Waals surface area contributed by atoms with Crippen molar-refractivity contribution in [3.05, 3.63) is 34.9 Å². The van der Waals surface area contributed by atoms with E-state index in [0.717, 1.165) is 42.6 Å². The van der Waals surface area contributed by atoms with Crippen LogP contribution in [0.15, 0.2) is 24.3 Å². The van der Waals surface area contributed by atoms with E-state index in [9.17, 15) is 9.59 Å². The highest BCUT2D eigenvalue weighted by atomic mass is 35.5. The monoisotopic (exact) mass is 403 g/mol. The zero-order chi connectivity index (χ0) is 19.9.